The summed E-state index contributed by atoms with van der Waals surface area (Å²) < 4.78 is 45.3. The minimum absolute atomic E-state index is 0.0383. The van der Waals surface area contributed by atoms with Crippen molar-refractivity contribution in [3.63, 3.8) is 0 Å². The molecule has 1 unspecified atom stereocenters. The van der Waals surface area contributed by atoms with E-state index in [0.29, 0.717) is 23.0 Å². The molecule has 180 valence electrons. The van der Waals surface area contributed by atoms with Crippen molar-refractivity contribution in [3.05, 3.63) is 78.4 Å². The van der Waals surface area contributed by atoms with Crippen LogP contribution in [0.15, 0.2) is 77.7 Å². The maximum Gasteiger partial charge on any atom is 0.240 e. The van der Waals surface area contributed by atoms with Gasteiger partial charge >= 0.3 is 0 Å². The fraction of sp³-hybridized carbons (Fsp3) is 0.308. The number of hydrogen-bond donors (Lipinski definition) is 2. The van der Waals surface area contributed by atoms with Crippen molar-refractivity contribution < 1.29 is 27.7 Å². The van der Waals surface area contributed by atoms with E-state index in [1.54, 1.807) is 12.1 Å². The van der Waals surface area contributed by atoms with Crippen LogP contribution in [0.4, 0.5) is 0 Å². The molecule has 8 heteroatoms. The van der Waals surface area contributed by atoms with E-state index in [0.717, 1.165) is 31.2 Å². The average molecular weight is 484 g/mol. The van der Waals surface area contributed by atoms with Crippen molar-refractivity contribution in [2.45, 2.75) is 36.5 Å². The molecule has 1 heterocycles. The molecular formula is C26H29NO6S. The Bertz CT molecular complexity index is 1170. The van der Waals surface area contributed by atoms with Crippen molar-refractivity contribution >= 4 is 10.0 Å². The van der Waals surface area contributed by atoms with Gasteiger partial charge in [0.05, 0.1) is 4.90 Å². The Morgan fingerprint density at radius 2 is 1.62 bits per heavy atom. The lowest BCUT2D eigenvalue weighted by atomic mass is 9.93. The van der Waals surface area contributed by atoms with E-state index < -0.39 is 10.0 Å². The van der Waals surface area contributed by atoms with Crippen LogP contribution in [0.25, 0.3) is 0 Å². The van der Waals surface area contributed by atoms with Crippen LogP contribution in [0.2, 0.25) is 0 Å². The molecule has 0 amide bonds. The fourth-order valence-corrected chi connectivity index (χ4v) is 4.92. The Labute approximate surface area is 200 Å². The van der Waals surface area contributed by atoms with Gasteiger partial charge in [-0.15, -0.1) is 0 Å². The number of aliphatic hydroxyl groups excluding tert-OH is 1. The molecule has 3 aromatic rings. The first-order valence-electron chi connectivity index (χ1n) is 11.4. The van der Waals surface area contributed by atoms with Crippen molar-refractivity contribution in [1.82, 2.24) is 4.72 Å². The second kappa shape index (κ2) is 11.4. The van der Waals surface area contributed by atoms with Gasteiger partial charge in [-0.1, -0.05) is 37.1 Å². The summed E-state index contributed by atoms with van der Waals surface area (Å²) in [5.41, 5.74) is 0.988. The predicted octanol–water partition coefficient (Wildman–Crippen LogP) is 4.82. The summed E-state index contributed by atoms with van der Waals surface area (Å²) in [5.74, 6) is 2.58. The quantitative estimate of drug-likeness (QED) is 0.359. The number of nitrogens with one attached hydrogen (secondary N) is 1. The maximum absolute atomic E-state index is 13.0. The standard InChI is InChI=1S/C26H29NO6S/c28-16-6-2-3-7-21(20-10-15-25-26(17-20)32-19-31-25)18-27-34(29,30)24-13-11-23(12-14-24)33-22-8-4-1-5-9-22/h1,4-5,8-15,17,21,27-28H,2-3,6-7,16,18-19H2. The van der Waals surface area contributed by atoms with Crippen LogP contribution in [0, 0.1) is 0 Å². The minimum atomic E-state index is -3.70. The van der Waals surface area contributed by atoms with Gasteiger partial charge in [-0.3, -0.25) is 0 Å². The molecule has 3 aromatic carbocycles. The zero-order chi connectivity index (χ0) is 23.8. The minimum Gasteiger partial charge on any atom is -0.457 e. The number of ether oxygens (including phenoxy) is 3. The van der Waals surface area contributed by atoms with Gasteiger partial charge in [-0.05, 0) is 72.9 Å². The molecule has 0 aliphatic carbocycles. The fourth-order valence-electron chi connectivity index (χ4n) is 3.84. The molecule has 0 saturated carbocycles. The zero-order valence-electron chi connectivity index (χ0n) is 18.9. The topological polar surface area (TPSA) is 94.1 Å². The highest BCUT2D eigenvalue weighted by atomic mass is 32.2. The zero-order valence-corrected chi connectivity index (χ0v) is 19.7. The summed E-state index contributed by atoms with van der Waals surface area (Å²) in [6, 6.07) is 21.4. The number of benzene rings is 3. The third-order valence-corrected chi connectivity index (χ3v) is 7.15. The van der Waals surface area contributed by atoms with E-state index in [4.69, 9.17) is 19.3 Å². The molecule has 7 nitrogen and oxygen atoms in total. The van der Waals surface area contributed by atoms with Crippen molar-refractivity contribution in [1.29, 1.82) is 0 Å². The Hall–Kier alpha value is -3.07. The van der Waals surface area contributed by atoms with E-state index in [1.807, 2.05) is 48.5 Å². The first-order chi connectivity index (χ1) is 16.5. The average Bonchev–Trinajstić information content (AvgIpc) is 3.33. The van der Waals surface area contributed by atoms with E-state index in [2.05, 4.69) is 4.72 Å². The van der Waals surface area contributed by atoms with Gasteiger partial charge in [-0.25, -0.2) is 13.1 Å². The number of sulfonamides is 1. The van der Waals surface area contributed by atoms with Crippen LogP contribution in [-0.4, -0.2) is 33.5 Å². The molecular weight excluding hydrogens is 454 g/mol. The first kappa shape index (κ1) is 24.1. The van der Waals surface area contributed by atoms with Crippen molar-refractivity contribution in [2.75, 3.05) is 19.9 Å². The molecule has 0 fully saturated rings. The van der Waals surface area contributed by atoms with E-state index >= 15 is 0 Å². The van der Waals surface area contributed by atoms with Gasteiger partial charge in [0, 0.05) is 13.2 Å². The lowest BCUT2D eigenvalue weighted by molar-refractivity contribution is 0.174. The summed E-state index contributed by atoms with van der Waals surface area (Å²) in [6.45, 7) is 0.602. The highest BCUT2D eigenvalue weighted by Crippen LogP contribution is 2.36. The van der Waals surface area contributed by atoms with Crippen LogP contribution in [-0.2, 0) is 10.0 Å². The highest BCUT2D eigenvalue weighted by molar-refractivity contribution is 7.89. The normalized spacial score (nSPS) is 13.6. The summed E-state index contributed by atoms with van der Waals surface area (Å²) in [4.78, 5) is 0.178. The molecule has 0 bridgehead atoms. The van der Waals surface area contributed by atoms with Crippen LogP contribution < -0.4 is 18.9 Å². The highest BCUT2D eigenvalue weighted by Gasteiger charge is 2.21. The van der Waals surface area contributed by atoms with Crippen LogP contribution in [0.3, 0.4) is 0 Å². The van der Waals surface area contributed by atoms with Gasteiger partial charge in [0.2, 0.25) is 16.8 Å². The first-order valence-corrected chi connectivity index (χ1v) is 12.9. The third kappa shape index (κ3) is 6.28. The predicted molar refractivity (Wildman–Crippen MR) is 129 cm³/mol. The Kier molecular flexibility index (Phi) is 8.05. The summed E-state index contributed by atoms with van der Waals surface area (Å²) in [7, 11) is -3.70. The molecule has 1 atom stereocenters. The summed E-state index contributed by atoms with van der Waals surface area (Å²) in [6.07, 6.45) is 3.28. The molecule has 34 heavy (non-hydrogen) atoms. The van der Waals surface area contributed by atoms with Gasteiger partial charge in [-0.2, -0.15) is 0 Å². The van der Waals surface area contributed by atoms with E-state index in [-0.39, 0.29) is 30.8 Å². The van der Waals surface area contributed by atoms with Crippen LogP contribution >= 0.6 is 0 Å². The summed E-state index contributed by atoms with van der Waals surface area (Å²) >= 11 is 0. The van der Waals surface area contributed by atoms with Gasteiger partial charge in [0.15, 0.2) is 11.5 Å². The Morgan fingerprint density at radius 1 is 0.882 bits per heavy atom. The Morgan fingerprint density at radius 3 is 2.38 bits per heavy atom. The summed E-state index contributed by atoms with van der Waals surface area (Å²) in [5, 5.41) is 9.06. The molecule has 0 spiro atoms. The number of hydrogen-bond acceptors (Lipinski definition) is 6. The molecule has 1 aliphatic heterocycles. The number of aliphatic hydroxyl groups is 1. The lowest BCUT2D eigenvalue weighted by Crippen LogP contribution is -2.28. The molecule has 1 aliphatic rings. The second-order valence-electron chi connectivity index (χ2n) is 8.12. The molecule has 0 aromatic heterocycles. The number of rotatable bonds is 12. The molecule has 0 radical (unpaired) electrons. The molecule has 4 rings (SSSR count). The van der Waals surface area contributed by atoms with E-state index in [1.165, 1.54) is 12.1 Å². The monoisotopic (exact) mass is 483 g/mol. The van der Waals surface area contributed by atoms with Crippen LogP contribution in [0.1, 0.15) is 37.2 Å². The van der Waals surface area contributed by atoms with Crippen molar-refractivity contribution in [2.24, 2.45) is 0 Å². The van der Waals surface area contributed by atoms with Gasteiger partial charge in [0.25, 0.3) is 0 Å². The van der Waals surface area contributed by atoms with Gasteiger partial charge < -0.3 is 19.3 Å². The number of fused-ring (bicyclic) bond motifs is 1. The van der Waals surface area contributed by atoms with Crippen LogP contribution in [0.5, 0.6) is 23.0 Å². The van der Waals surface area contributed by atoms with Gasteiger partial charge in [0.1, 0.15) is 11.5 Å². The smallest absolute Gasteiger partial charge is 0.240 e. The molecule has 0 saturated heterocycles. The van der Waals surface area contributed by atoms with E-state index in [9.17, 15) is 8.42 Å². The largest absolute Gasteiger partial charge is 0.457 e. The third-order valence-electron chi connectivity index (χ3n) is 5.71. The molecule has 2 N–H and O–H groups in total. The maximum atomic E-state index is 13.0. The number of para-hydroxylation sites is 1. The lowest BCUT2D eigenvalue weighted by Gasteiger charge is -2.19. The SMILES string of the molecule is O=S(=O)(NCC(CCCCCO)c1ccc2c(c1)OCO2)c1ccc(Oc2ccccc2)cc1. The second-order valence-corrected chi connectivity index (χ2v) is 9.89. The Balaban J connectivity index is 1.42. The van der Waals surface area contributed by atoms with Crippen molar-refractivity contribution in [3.8, 4) is 23.0 Å². The number of unbranched alkanes of at least 4 members (excludes halogenated alkanes) is 2.